The van der Waals surface area contributed by atoms with Crippen LogP contribution in [0, 0.1) is 0 Å². The van der Waals surface area contributed by atoms with Gasteiger partial charge in [-0.15, -0.1) is 24.0 Å². The summed E-state index contributed by atoms with van der Waals surface area (Å²) in [6, 6.07) is 17.6. The van der Waals surface area contributed by atoms with E-state index in [0.29, 0.717) is 12.5 Å². The number of rotatable bonds is 9. The first-order valence-electron chi connectivity index (χ1n) is 8.21. The summed E-state index contributed by atoms with van der Waals surface area (Å²) < 4.78 is 11.0. The fourth-order valence-electron chi connectivity index (χ4n) is 2.05. The third kappa shape index (κ3) is 8.74. The van der Waals surface area contributed by atoms with Crippen LogP contribution < -0.4 is 15.8 Å². The topological polar surface area (TPSA) is 68.9 Å². The number of benzene rings is 2. The first-order chi connectivity index (χ1) is 11.8. The maximum atomic E-state index is 5.84. The van der Waals surface area contributed by atoms with Gasteiger partial charge in [0.05, 0.1) is 6.54 Å². The van der Waals surface area contributed by atoms with Crippen molar-refractivity contribution in [2.45, 2.75) is 19.9 Å². The number of para-hydroxylation sites is 1. The zero-order valence-electron chi connectivity index (χ0n) is 14.5. The number of nitrogens with two attached hydrogens (primary N) is 1. The Hall–Kier alpha value is -1.80. The molecule has 0 heterocycles. The fraction of sp³-hybridized carbons (Fsp3) is 0.316. The molecule has 0 aliphatic heterocycles. The summed E-state index contributed by atoms with van der Waals surface area (Å²) in [7, 11) is 0. The van der Waals surface area contributed by atoms with Gasteiger partial charge in [0.25, 0.3) is 0 Å². The van der Waals surface area contributed by atoms with E-state index < -0.39 is 0 Å². The van der Waals surface area contributed by atoms with Gasteiger partial charge in [0, 0.05) is 19.8 Å². The average molecular weight is 455 g/mol. The van der Waals surface area contributed by atoms with Crippen molar-refractivity contribution in [2.75, 3.05) is 19.8 Å². The molecule has 0 bridgehead atoms. The summed E-state index contributed by atoms with van der Waals surface area (Å²) in [6.45, 7) is 4.77. The van der Waals surface area contributed by atoms with Gasteiger partial charge in [0.1, 0.15) is 11.5 Å². The van der Waals surface area contributed by atoms with Crippen LogP contribution in [-0.4, -0.2) is 25.7 Å². The van der Waals surface area contributed by atoms with Crippen molar-refractivity contribution in [2.24, 2.45) is 10.7 Å². The molecular formula is C19H26IN3O2. The van der Waals surface area contributed by atoms with Crippen molar-refractivity contribution in [3.8, 4) is 11.5 Å². The van der Waals surface area contributed by atoms with Crippen LogP contribution in [0.3, 0.4) is 0 Å². The van der Waals surface area contributed by atoms with E-state index in [1.165, 1.54) is 0 Å². The number of guanidine groups is 1. The third-order valence-electron chi connectivity index (χ3n) is 3.31. The molecule has 136 valence electrons. The summed E-state index contributed by atoms with van der Waals surface area (Å²) in [5.74, 6) is 2.08. The highest BCUT2D eigenvalue weighted by molar-refractivity contribution is 14.0. The maximum Gasteiger partial charge on any atom is 0.188 e. The molecule has 0 fully saturated rings. The predicted molar refractivity (Wildman–Crippen MR) is 113 cm³/mol. The smallest absolute Gasteiger partial charge is 0.188 e. The number of halogens is 1. The lowest BCUT2D eigenvalue weighted by Crippen LogP contribution is -2.32. The summed E-state index contributed by atoms with van der Waals surface area (Å²) in [5.41, 5.74) is 6.92. The highest BCUT2D eigenvalue weighted by Gasteiger charge is 1.98. The lowest BCUT2D eigenvalue weighted by atomic mass is 10.2. The molecule has 2 rings (SSSR count). The van der Waals surface area contributed by atoms with Gasteiger partial charge in [-0.2, -0.15) is 0 Å². The molecule has 0 radical (unpaired) electrons. The number of aliphatic imine (C=N–C) groups is 1. The van der Waals surface area contributed by atoms with Crippen LogP contribution >= 0.6 is 24.0 Å². The van der Waals surface area contributed by atoms with E-state index in [1.54, 1.807) is 0 Å². The normalized spacial score (nSPS) is 10.8. The summed E-state index contributed by atoms with van der Waals surface area (Å²) in [4.78, 5) is 4.33. The molecule has 0 amide bonds. The van der Waals surface area contributed by atoms with Crippen molar-refractivity contribution in [3.05, 3.63) is 60.2 Å². The van der Waals surface area contributed by atoms with E-state index >= 15 is 0 Å². The molecule has 3 N–H and O–H groups in total. The van der Waals surface area contributed by atoms with E-state index in [9.17, 15) is 0 Å². The van der Waals surface area contributed by atoms with Crippen LogP contribution in [-0.2, 0) is 11.3 Å². The van der Waals surface area contributed by atoms with Crippen LogP contribution in [0.1, 0.15) is 18.9 Å². The van der Waals surface area contributed by atoms with Crippen LogP contribution in [0.2, 0.25) is 0 Å². The molecule has 0 unspecified atom stereocenters. The lowest BCUT2D eigenvalue weighted by Gasteiger charge is -2.07. The minimum absolute atomic E-state index is 0. The van der Waals surface area contributed by atoms with Crippen molar-refractivity contribution < 1.29 is 9.47 Å². The van der Waals surface area contributed by atoms with Crippen LogP contribution in [0.25, 0.3) is 0 Å². The number of nitrogens with zero attached hydrogens (tertiary/aromatic N) is 1. The monoisotopic (exact) mass is 455 g/mol. The Morgan fingerprint density at radius 3 is 2.40 bits per heavy atom. The zero-order valence-corrected chi connectivity index (χ0v) is 16.8. The van der Waals surface area contributed by atoms with E-state index in [0.717, 1.165) is 43.2 Å². The summed E-state index contributed by atoms with van der Waals surface area (Å²) >= 11 is 0. The Kier molecular flexibility index (Phi) is 10.7. The molecule has 0 saturated carbocycles. The van der Waals surface area contributed by atoms with Crippen LogP contribution in [0.4, 0.5) is 0 Å². The second-order valence-corrected chi connectivity index (χ2v) is 5.24. The van der Waals surface area contributed by atoms with Gasteiger partial charge in [-0.3, -0.25) is 0 Å². The number of ether oxygens (including phenoxy) is 2. The molecule has 0 aliphatic carbocycles. The Labute approximate surface area is 166 Å². The molecule has 0 aliphatic rings. The van der Waals surface area contributed by atoms with Gasteiger partial charge in [0.15, 0.2) is 5.96 Å². The first-order valence-corrected chi connectivity index (χ1v) is 8.21. The Morgan fingerprint density at radius 2 is 1.72 bits per heavy atom. The predicted octanol–water partition coefficient (Wildman–Crippen LogP) is 3.93. The lowest BCUT2D eigenvalue weighted by molar-refractivity contribution is 0.145. The molecule has 2 aromatic rings. The van der Waals surface area contributed by atoms with Crippen molar-refractivity contribution in [1.29, 1.82) is 0 Å². The van der Waals surface area contributed by atoms with Gasteiger partial charge in [-0.1, -0.05) is 30.3 Å². The first kappa shape index (κ1) is 21.2. The molecule has 6 heteroatoms. The van der Waals surface area contributed by atoms with Gasteiger partial charge in [0.2, 0.25) is 0 Å². The largest absolute Gasteiger partial charge is 0.457 e. The van der Waals surface area contributed by atoms with Crippen molar-refractivity contribution in [1.82, 2.24) is 5.32 Å². The standard InChI is InChI=1S/C19H25N3O2.HI/c1-2-23-14-6-13-21-19(20)22-15-16-9-11-18(12-10-16)24-17-7-4-3-5-8-17;/h3-5,7-12H,2,6,13-15H2,1H3,(H3,20,21,22);1H. The van der Waals surface area contributed by atoms with E-state index in [1.807, 2.05) is 61.5 Å². The SMILES string of the molecule is CCOCCCNC(N)=NCc1ccc(Oc2ccccc2)cc1.I. The summed E-state index contributed by atoms with van der Waals surface area (Å²) in [5, 5.41) is 3.08. The second-order valence-electron chi connectivity index (χ2n) is 5.24. The van der Waals surface area contributed by atoms with Gasteiger partial charge in [-0.25, -0.2) is 4.99 Å². The quantitative estimate of drug-likeness (QED) is 0.260. The second kappa shape index (κ2) is 12.5. The van der Waals surface area contributed by atoms with E-state index in [-0.39, 0.29) is 24.0 Å². The Morgan fingerprint density at radius 1 is 1.04 bits per heavy atom. The minimum atomic E-state index is 0. The van der Waals surface area contributed by atoms with Crippen LogP contribution in [0.15, 0.2) is 59.6 Å². The number of nitrogens with one attached hydrogen (secondary N) is 1. The Balaban J connectivity index is 0.00000312. The van der Waals surface area contributed by atoms with Gasteiger partial charge < -0.3 is 20.5 Å². The van der Waals surface area contributed by atoms with Crippen molar-refractivity contribution >= 4 is 29.9 Å². The summed E-state index contributed by atoms with van der Waals surface area (Å²) in [6.07, 6.45) is 0.912. The third-order valence-corrected chi connectivity index (χ3v) is 3.31. The minimum Gasteiger partial charge on any atom is -0.457 e. The van der Waals surface area contributed by atoms with Gasteiger partial charge in [-0.05, 0) is 43.2 Å². The highest BCUT2D eigenvalue weighted by Crippen LogP contribution is 2.21. The molecule has 5 nitrogen and oxygen atoms in total. The number of hydrogen-bond donors (Lipinski definition) is 2. The molecule has 0 atom stereocenters. The maximum absolute atomic E-state index is 5.84. The molecule has 0 aromatic heterocycles. The van der Waals surface area contributed by atoms with Crippen LogP contribution in [0.5, 0.6) is 11.5 Å². The van der Waals surface area contributed by atoms with E-state index in [4.69, 9.17) is 15.2 Å². The molecule has 2 aromatic carbocycles. The number of hydrogen-bond acceptors (Lipinski definition) is 3. The molecule has 0 saturated heterocycles. The highest BCUT2D eigenvalue weighted by atomic mass is 127. The molecule has 0 spiro atoms. The van der Waals surface area contributed by atoms with Crippen molar-refractivity contribution in [3.63, 3.8) is 0 Å². The molecule has 25 heavy (non-hydrogen) atoms. The van der Waals surface area contributed by atoms with E-state index in [2.05, 4.69) is 10.3 Å². The van der Waals surface area contributed by atoms with Gasteiger partial charge >= 0.3 is 0 Å². The zero-order chi connectivity index (χ0) is 17.0. The average Bonchev–Trinajstić information content (AvgIpc) is 2.62. The fourth-order valence-corrected chi connectivity index (χ4v) is 2.05. The molecular weight excluding hydrogens is 429 g/mol. The Bertz CT molecular complexity index is 618.